The highest BCUT2D eigenvalue weighted by Crippen LogP contribution is 2.27. The van der Waals surface area contributed by atoms with Gasteiger partial charge in [0.1, 0.15) is 0 Å². The first-order chi connectivity index (χ1) is 9.40. The average molecular weight is 253 g/mol. The van der Waals surface area contributed by atoms with Crippen molar-refractivity contribution < 1.29 is 9.21 Å². The summed E-state index contributed by atoms with van der Waals surface area (Å²) in [5.41, 5.74) is 6.29. The topological polar surface area (TPSA) is 60.1 Å². The molecule has 0 saturated carbocycles. The van der Waals surface area contributed by atoms with E-state index in [1.807, 2.05) is 30.3 Å². The Kier molecular flexibility index (Phi) is 2.86. The lowest BCUT2D eigenvalue weighted by Crippen LogP contribution is -2.14. The quantitative estimate of drug-likeness (QED) is 0.727. The molecule has 19 heavy (non-hydrogen) atoms. The zero-order valence-corrected chi connectivity index (χ0v) is 9.98. The molecule has 0 unspecified atom stereocenters. The highest BCUT2D eigenvalue weighted by molar-refractivity contribution is 5.72. The minimum Gasteiger partial charge on any atom is -0.472 e. The number of pyridine rings is 1. The summed E-state index contributed by atoms with van der Waals surface area (Å²) in [6, 6.07) is 9.48. The Hall–Kier alpha value is -2.82. The number of carbonyl (C=O) groups excluding carboxylic acids is 1. The molecule has 0 aliphatic heterocycles. The molecule has 0 bridgehead atoms. The van der Waals surface area contributed by atoms with Gasteiger partial charge < -0.3 is 4.42 Å². The van der Waals surface area contributed by atoms with E-state index in [-0.39, 0.29) is 0 Å². The van der Waals surface area contributed by atoms with Crippen molar-refractivity contribution in [1.29, 1.82) is 0 Å². The lowest BCUT2D eigenvalue weighted by molar-refractivity contribution is -0.106. The SMILES string of the molecule is O=CNn1c(-c2ccncc2)ccc1-c1ccoc1. The first-order valence-electron chi connectivity index (χ1n) is 5.75. The normalized spacial score (nSPS) is 10.3. The Balaban J connectivity index is 2.14. The van der Waals surface area contributed by atoms with E-state index in [9.17, 15) is 4.79 Å². The van der Waals surface area contributed by atoms with Crippen LogP contribution in [0.4, 0.5) is 0 Å². The van der Waals surface area contributed by atoms with E-state index in [0.29, 0.717) is 6.41 Å². The molecule has 3 heterocycles. The van der Waals surface area contributed by atoms with E-state index in [1.165, 1.54) is 0 Å². The van der Waals surface area contributed by atoms with Crippen LogP contribution in [-0.2, 0) is 4.79 Å². The predicted molar refractivity (Wildman–Crippen MR) is 70.8 cm³/mol. The lowest BCUT2D eigenvalue weighted by atomic mass is 10.2. The summed E-state index contributed by atoms with van der Waals surface area (Å²) in [5, 5.41) is 0. The maximum absolute atomic E-state index is 10.8. The number of nitrogens with zero attached hydrogens (tertiary/aromatic N) is 2. The van der Waals surface area contributed by atoms with Crippen molar-refractivity contribution >= 4 is 6.41 Å². The van der Waals surface area contributed by atoms with Crippen molar-refractivity contribution in [2.45, 2.75) is 0 Å². The van der Waals surface area contributed by atoms with Gasteiger partial charge in [-0.3, -0.25) is 19.9 Å². The predicted octanol–water partition coefficient (Wildman–Crippen LogP) is 2.51. The molecule has 1 N–H and O–H groups in total. The van der Waals surface area contributed by atoms with Gasteiger partial charge in [0, 0.05) is 23.5 Å². The van der Waals surface area contributed by atoms with Gasteiger partial charge in [-0.25, -0.2) is 0 Å². The number of nitrogens with one attached hydrogen (secondary N) is 1. The molecule has 0 aliphatic carbocycles. The fraction of sp³-hybridized carbons (Fsp3) is 0. The van der Waals surface area contributed by atoms with E-state index in [4.69, 9.17) is 4.42 Å². The zero-order valence-electron chi connectivity index (χ0n) is 9.98. The minimum absolute atomic E-state index is 0.647. The van der Waals surface area contributed by atoms with Crippen molar-refractivity contribution in [2.24, 2.45) is 0 Å². The van der Waals surface area contributed by atoms with E-state index in [0.717, 1.165) is 22.5 Å². The monoisotopic (exact) mass is 253 g/mol. The van der Waals surface area contributed by atoms with Gasteiger partial charge in [0.15, 0.2) is 0 Å². The summed E-state index contributed by atoms with van der Waals surface area (Å²) in [6.07, 6.45) is 7.30. The van der Waals surface area contributed by atoms with Gasteiger partial charge in [0.25, 0.3) is 0 Å². The first-order valence-corrected chi connectivity index (χ1v) is 5.75. The van der Waals surface area contributed by atoms with Gasteiger partial charge in [-0.05, 0) is 30.3 Å². The van der Waals surface area contributed by atoms with E-state index < -0.39 is 0 Å². The molecule has 0 fully saturated rings. The number of hydrogen-bond acceptors (Lipinski definition) is 3. The zero-order chi connectivity index (χ0) is 13.1. The molecule has 0 radical (unpaired) electrons. The summed E-state index contributed by atoms with van der Waals surface area (Å²) in [6.45, 7) is 0. The fourth-order valence-electron chi connectivity index (χ4n) is 2.01. The fourth-order valence-corrected chi connectivity index (χ4v) is 2.01. The summed E-state index contributed by atoms with van der Waals surface area (Å²) < 4.78 is 6.79. The lowest BCUT2D eigenvalue weighted by Gasteiger charge is -2.10. The van der Waals surface area contributed by atoms with E-state index in [2.05, 4.69) is 10.4 Å². The molecule has 0 spiro atoms. The molecule has 5 nitrogen and oxygen atoms in total. The van der Waals surface area contributed by atoms with Crippen molar-refractivity contribution in [2.75, 3.05) is 5.43 Å². The second-order valence-corrected chi connectivity index (χ2v) is 3.93. The first kappa shape index (κ1) is 11.3. The molecule has 94 valence electrons. The van der Waals surface area contributed by atoms with Gasteiger partial charge in [-0.2, -0.15) is 0 Å². The Bertz CT molecular complexity index is 672. The molecule has 0 atom stereocenters. The number of amides is 1. The Labute approximate surface area is 109 Å². The Morgan fingerprint density at radius 1 is 1.05 bits per heavy atom. The van der Waals surface area contributed by atoms with Crippen LogP contribution in [0.5, 0.6) is 0 Å². The Morgan fingerprint density at radius 3 is 2.42 bits per heavy atom. The number of rotatable bonds is 4. The minimum atomic E-state index is 0.647. The number of hydrogen-bond donors (Lipinski definition) is 1. The van der Waals surface area contributed by atoms with E-state index in [1.54, 1.807) is 29.6 Å². The van der Waals surface area contributed by atoms with Crippen LogP contribution in [0.25, 0.3) is 22.5 Å². The van der Waals surface area contributed by atoms with Crippen LogP contribution in [0.15, 0.2) is 59.7 Å². The van der Waals surface area contributed by atoms with Gasteiger partial charge in [0.2, 0.25) is 6.41 Å². The van der Waals surface area contributed by atoms with Gasteiger partial charge in [-0.15, -0.1) is 0 Å². The molecule has 0 saturated heterocycles. The third-order valence-electron chi connectivity index (χ3n) is 2.86. The van der Waals surface area contributed by atoms with Gasteiger partial charge in [0.05, 0.1) is 23.9 Å². The maximum Gasteiger partial charge on any atom is 0.226 e. The number of carbonyl (C=O) groups is 1. The van der Waals surface area contributed by atoms with Crippen LogP contribution in [-0.4, -0.2) is 16.1 Å². The summed E-state index contributed by atoms with van der Waals surface area (Å²) >= 11 is 0. The third-order valence-corrected chi connectivity index (χ3v) is 2.86. The second kappa shape index (κ2) is 4.81. The molecule has 5 heteroatoms. The van der Waals surface area contributed by atoms with Gasteiger partial charge >= 0.3 is 0 Å². The maximum atomic E-state index is 10.8. The standard InChI is InChI=1S/C14H11N3O2/c18-10-16-17-13(11-3-6-15-7-4-11)1-2-14(17)12-5-8-19-9-12/h1-10H,(H,16,18). The van der Waals surface area contributed by atoms with E-state index >= 15 is 0 Å². The molecule has 1 amide bonds. The highest BCUT2D eigenvalue weighted by Gasteiger charge is 2.12. The largest absolute Gasteiger partial charge is 0.472 e. The van der Waals surface area contributed by atoms with Crippen LogP contribution in [0.3, 0.4) is 0 Å². The average Bonchev–Trinajstić information content (AvgIpc) is 3.09. The van der Waals surface area contributed by atoms with Crippen molar-refractivity contribution in [3.63, 3.8) is 0 Å². The van der Waals surface area contributed by atoms with Crippen molar-refractivity contribution in [3.8, 4) is 22.5 Å². The smallest absolute Gasteiger partial charge is 0.226 e. The van der Waals surface area contributed by atoms with Crippen LogP contribution < -0.4 is 5.43 Å². The summed E-state index contributed by atoms with van der Waals surface area (Å²) in [7, 11) is 0. The molecule has 0 aliphatic rings. The molecule has 0 aromatic carbocycles. The molecular formula is C14H11N3O2. The number of furan rings is 1. The highest BCUT2D eigenvalue weighted by atomic mass is 16.3. The van der Waals surface area contributed by atoms with Crippen LogP contribution in [0.1, 0.15) is 0 Å². The van der Waals surface area contributed by atoms with Crippen molar-refractivity contribution in [1.82, 2.24) is 9.66 Å². The molecular weight excluding hydrogens is 242 g/mol. The van der Waals surface area contributed by atoms with Crippen molar-refractivity contribution in [3.05, 3.63) is 55.3 Å². The number of aromatic nitrogens is 2. The van der Waals surface area contributed by atoms with Gasteiger partial charge in [-0.1, -0.05) is 0 Å². The van der Waals surface area contributed by atoms with Crippen LogP contribution >= 0.6 is 0 Å². The Morgan fingerprint density at radius 2 is 1.79 bits per heavy atom. The summed E-state index contributed by atoms with van der Waals surface area (Å²) in [5.74, 6) is 0. The second-order valence-electron chi connectivity index (χ2n) is 3.93. The molecule has 3 aromatic heterocycles. The van der Waals surface area contributed by atoms with Crippen LogP contribution in [0.2, 0.25) is 0 Å². The summed E-state index contributed by atoms with van der Waals surface area (Å²) in [4.78, 5) is 14.8. The molecule has 3 aromatic rings. The molecule has 3 rings (SSSR count). The third kappa shape index (κ3) is 2.01. The van der Waals surface area contributed by atoms with Crippen LogP contribution in [0, 0.1) is 0 Å².